The molecule has 1 aliphatic heterocycles. The lowest BCUT2D eigenvalue weighted by Crippen LogP contribution is -2.51. The number of pyridine rings is 1. The fraction of sp³-hybridized carbons (Fsp3) is 0.471. The second kappa shape index (κ2) is 6.52. The van der Waals surface area contributed by atoms with Crippen molar-refractivity contribution >= 4 is 10.9 Å². The normalized spacial score (nSPS) is 21.0. The first-order valence-electron chi connectivity index (χ1n) is 7.64. The topological polar surface area (TPSA) is 39.6 Å². The van der Waals surface area contributed by atoms with Gasteiger partial charge in [-0.1, -0.05) is 24.3 Å². The third-order valence-corrected chi connectivity index (χ3v) is 4.43. The summed E-state index contributed by atoms with van der Waals surface area (Å²) in [5.41, 5.74) is 2.40. The van der Waals surface area contributed by atoms with Gasteiger partial charge in [-0.05, 0) is 25.1 Å². The Hall–Kier alpha value is -1.49. The Balaban J connectivity index is 1.76. The molecular formula is C17H23N3O. The van der Waals surface area contributed by atoms with Gasteiger partial charge in [0.15, 0.2) is 0 Å². The zero-order valence-electron chi connectivity index (χ0n) is 12.6. The van der Waals surface area contributed by atoms with Crippen molar-refractivity contribution in [3.8, 4) is 0 Å². The molecule has 1 aromatic carbocycles. The molecule has 1 aliphatic rings. The van der Waals surface area contributed by atoms with E-state index in [4.69, 9.17) is 0 Å². The summed E-state index contributed by atoms with van der Waals surface area (Å²) < 4.78 is 0. The number of para-hydroxylation sites is 1. The van der Waals surface area contributed by atoms with Gasteiger partial charge in [0, 0.05) is 50.4 Å². The Morgan fingerprint density at radius 3 is 2.95 bits per heavy atom. The maximum absolute atomic E-state index is 9.20. The van der Waals surface area contributed by atoms with Crippen LogP contribution in [0.15, 0.2) is 36.5 Å². The summed E-state index contributed by atoms with van der Waals surface area (Å²) in [7, 11) is 2.15. The predicted octanol–water partition coefficient (Wildman–Crippen LogP) is 1.73. The second-order valence-electron chi connectivity index (χ2n) is 5.87. The number of aliphatic hydroxyl groups is 1. The van der Waals surface area contributed by atoms with Crippen LogP contribution < -0.4 is 0 Å². The quantitative estimate of drug-likeness (QED) is 0.929. The smallest absolute Gasteiger partial charge is 0.0746 e. The molecule has 0 amide bonds. The monoisotopic (exact) mass is 285 g/mol. The van der Waals surface area contributed by atoms with Crippen LogP contribution in [-0.4, -0.2) is 59.2 Å². The molecule has 1 atom stereocenters. The highest BCUT2D eigenvalue weighted by molar-refractivity contribution is 5.81. The van der Waals surface area contributed by atoms with E-state index in [0.29, 0.717) is 6.04 Å². The average Bonchev–Trinajstić information content (AvgIpc) is 2.51. The van der Waals surface area contributed by atoms with Gasteiger partial charge >= 0.3 is 0 Å². The summed E-state index contributed by atoms with van der Waals surface area (Å²) >= 11 is 0. The number of piperazine rings is 1. The van der Waals surface area contributed by atoms with Crippen LogP contribution in [0.4, 0.5) is 0 Å². The van der Waals surface area contributed by atoms with Gasteiger partial charge in [-0.2, -0.15) is 0 Å². The summed E-state index contributed by atoms with van der Waals surface area (Å²) in [4.78, 5) is 9.37. The third kappa shape index (κ3) is 3.23. The van der Waals surface area contributed by atoms with Gasteiger partial charge in [0.25, 0.3) is 0 Å². The van der Waals surface area contributed by atoms with E-state index in [9.17, 15) is 5.11 Å². The first-order chi connectivity index (χ1) is 10.3. The van der Waals surface area contributed by atoms with E-state index >= 15 is 0 Å². The highest BCUT2D eigenvalue weighted by Crippen LogP contribution is 2.19. The molecule has 2 aromatic rings. The molecule has 3 rings (SSSR count). The zero-order chi connectivity index (χ0) is 14.7. The number of fused-ring (bicyclic) bond motifs is 1. The van der Waals surface area contributed by atoms with Gasteiger partial charge in [-0.15, -0.1) is 0 Å². The van der Waals surface area contributed by atoms with Crippen molar-refractivity contribution < 1.29 is 5.11 Å². The highest BCUT2D eigenvalue weighted by atomic mass is 16.3. The number of hydrogen-bond acceptors (Lipinski definition) is 4. The van der Waals surface area contributed by atoms with Crippen LogP contribution in [0.3, 0.4) is 0 Å². The van der Waals surface area contributed by atoms with Crippen molar-refractivity contribution in [1.82, 2.24) is 14.8 Å². The van der Waals surface area contributed by atoms with E-state index in [1.165, 1.54) is 10.9 Å². The van der Waals surface area contributed by atoms with Crippen molar-refractivity contribution in [3.05, 3.63) is 42.1 Å². The minimum atomic E-state index is 0.263. The first-order valence-corrected chi connectivity index (χ1v) is 7.64. The molecule has 112 valence electrons. The van der Waals surface area contributed by atoms with Crippen molar-refractivity contribution in [2.45, 2.75) is 19.0 Å². The van der Waals surface area contributed by atoms with E-state index in [2.05, 4.69) is 46.1 Å². The first kappa shape index (κ1) is 14.4. The number of nitrogens with zero attached hydrogens (tertiary/aromatic N) is 3. The Kier molecular flexibility index (Phi) is 4.48. The van der Waals surface area contributed by atoms with Gasteiger partial charge in [0.1, 0.15) is 0 Å². The molecule has 1 saturated heterocycles. The van der Waals surface area contributed by atoms with Gasteiger partial charge in [-0.3, -0.25) is 9.88 Å². The molecule has 1 unspecified atom stereocenters. The molecule has 1 aromatic heterocycles. The van der Waals surface area contributed by atoms with Crippen LogP contribution in [-0.2, 0) is 6.54 Å². The lowest BCUT2D eigenvalue weighted by Gasteiger charge is -2.39. The lowest BCUT2D eigenvalue weighted by atomic mass is 10.1. The number of hydrogen-bond donors (Lipinski definition) is 1. The Morgan fingerprint density at radius 2 is 2.10 bits per heavy atom. The maximum Gasteiger partial charge on any atom is 0.0746 e. The van der Waals surface area contributed by atoms with Gasteiger partial charge in [0.2, 0.25) is 0 Å². The van der Waals surface area contributed by atoms with Crippen molar-refractivity contribution in [1.29, 1.82) is 0 Å². The molecule has 2 heterocycles. The van der Waals surface area contributed by atoms with Crippen LogP contribution >= 0.6 is 0 Å². The van der Waals surface area contributed by atoms with Crippen LogP contribution in [0.1, 0.15) is 12.0 Å². The van der Waals surface area contributed by atoms with E-state index in [1.54, 1.807) is 0 Å². The average molecular weight is 285 g/mol. The summed E-state index contributed by atoms with van der Waals surface area (Å²) in [5, 5.41) is 10.4. The van der Waals surface area contributed by atoms with E-state index in [1.807, 2.05) is 12.3 Å². The molecule has 0 aliphatic carbocycles. The fourth-order valence-corrected chi connectivity index (χ4v) is 3.15. The number of likely N-dealkylation sites (N-methyl/N-ethyl adjacent to an activating group) is 1. The van der Waals surface area contributed by atoms with E-state index < -0.39 is 0 Å². The molecule has 1 fully saturated rings. The molecule has 0 saturated carbocycles. The van der Waals surface area contributed by atoms with Crippen LogP contribution in [0, 0.1) is 0 Å². The van der Waals surface area contributed by atoms with Crippen LogP contribution in [0.2, 0.25) is 0 Å². The van der Waals surface area contributed by atoms with Crippen LogP contribution in [0.5, 0.6) is 0 Å². The zero-order valence-corrected chi connectivity index (χ0v) is 12.6. The summed E-state index contributed by atoms with van der Waals surface area (Å²) in [5.74, 6) is 0. The molecule has 4 nitrogen and oxygen atoms in total. The molecule has 1 N–H and O–H groups in total. The second-order valence-corrected chi connectivity index (χ2v) is 5.87. The standard InChI is InChI=1S/C17H23N3O/c1-19-9-10-20(13-16(19)7-11-21)12-15-5-2-4-14-6-3-8-18-17(14)15/h2-6,8,16,21H,7,9-13H2,1H3. The van der Waals surface area contributed by atoms with Crippen LogP contribution in [0.25, 0.3) is 10.9 Å². The Labute approximate surface area is 126 Å². The molecule has 0 spiro atoms. The van der Waals surface area contributed by atoms with Gasteiger partial charge in [-0.25, -0.2) is 0 Å². The van der Waals surface area contributed by atoms with E-state index in [-0.39, 0.29) is 6.61 Å². The third-order valence-electron chi connectivity index (χ3n) is 4.43. The highest BCUT2D eigenvalue weighted by Gasteiger charge is 2.24. The van der Waals surface area contributed by atoms with Gasteiger partial charge in [0.05, 0.1) is 5.52 Å². The van der Waals surface area contributed by atoms with Crippen molar-refractivity contribution in [3.63, 3.8) is 0 Å². The predicted molar refractivity (Wildman–Crippen MR) is 85.1 cm³/mol. The molecule has 4 heteroatoms. The number of aliphatic hydroxyl groups excluding tert-OH is 1. The SMILES string of the molecule is CN1CCN(Cc2cccc3cccnc23)CC1CCO. The summed E-state index contributed by atoms with van der Waals surface area (Å²) in [6.45, 7) is 4.34. The Morgan fingerprint density at radius 1 is 1.24 bits per heavy atom. The molecule has 21 heavy (non-hydrogen) atoms. The molecule has 0 bridgehead atoms. The molecule has 0 radical (unpaired) electrons. The van der Waals surface area contributed by atoms with Crippen molar-refractivity contribution in [2.75, 3.05) is 33.3 Å². The Bertz CT molecular complexity index is 596. The summed E-state index contributed by atoms with van der Waals surface area (Å²) in [6.07, 6.45) is 2.71. The fourth-order valence-electron chi connectivity index (χ4n) is 3.15. The lowest BCUT2D eigenvalue weighted by molar-refractivity contribution is 0.0745. The van der Waals surface area contributed by atoms with Crippen molar-refractivity contribution in [2.24, 2.45) is 0 Å². The number of rotatable bonds is 4. The van der Waals surface area contributed by atoms with Gasteiger partial charge < -0.3 is 10.0 Å². The largest absolute Gasteiger partial charge is 0.396 e. The number of aromatic nitrogens is 1. The summed E-state index contributed by atoms with van der Waals surface area (Å²) in [6, 6.07) is 11.0. The number of benzene rings is 1. The minimum Gasteiger partial charge on any atom is -0.396 e. The van der Waals surface area contributed by atoms with E-state index in [0.717, 1.165) is 38.1 Å². The maximum atomic E-state index is 9.20. The minimum absolute atomic E-state index is 0.263. The molecular weight excluding hydrogens is 262 g/mol.